The van der Waals surface area contributed by atoms with E-state index in [1.54, 1.807) is 42.5 Å². The fourth-order valence-corrected chi connectivity index (χ4v) is 6.52. The van der Waals surface area contributed by atoms with Crippen molar-refractivity contribution in [2.45, 2.75) is 91.5 Å². The fourth-order valence-electron chi connectivity index (χ4n) is 5.15. The molecule has 0 unspecified atom stereocenters. The lowest BCUT2D eigenvalue weighted by molar-refractivity contribution is -0.132. The summed E-state index contributed by atoms with van der Waals surface area (Å²) < 4.78 is 13.3. The highest BCUT2D eigenvalue weighted by molar-refractivity contribution is 6.74. The minimum Gasteiger partial charge on any atom is -0.427 e. The molecule has 0 aliphatic carbocycles. The summed E-state index contributed by atoms with van der Waals surface area (Å²) in [5, 5.41) is 1.13. The quantitative estimate of drug-likeness (QED) is 0.0885. The molecule has 3 aromatic carbocycles. The van der Waals surface area contributed by atoms with Crippen LogP contribution in [0.5, 0.6) is 5.75 Å². The van der Waals surface area contributed by atoms with E-state index in [-0.39, 0.29) is 36.0 Å². The van der Waals surface area contributed by atoms with Crippen molar-refractivity contribution in [1.29, 1.82) is 0 Å². The number of hydrogen-bond acceptors (Lipinski definition) is 7. The minimum absolute atomic E-state index is 0.00810. The van der Waals surface area contributed by atoms with Gasteiger partial charge in [-0.15, -0.1) is 0 Å². The van der Waals surface area contributed by atoms with Gasteiger partial charge in [-0.1, -0.05) is 89.2 Å². The maximum atomic E-state index is 14.5. The van der Waals surface area contributed by atoms with Gasteiger partial charge < -0.3 is 9.16 Å². The molecule has 0 spiro atoms. The summed E-state index contributed by atoms with van der Waals surface area (Å²) in [6.07, 6.45) is -0.149. The van der Waals surface area contributed by atoms with Gasteiger partial charge in [0.15, 0.2) is 14.1 Å². The van der Waals surface area contributed by atoms with Crippen LogP contribution in [-0.2, 0) is 31.7 Å². The van der Waals surface area contributed by atoms with Crippen LogP contribution in [0.15, 0.2) is 83.7 Å². The Kier molecular flexibility index (Phi) is 11.5. The molecule has 48 heavy (non-hydrogen) atoms. The summed E-state index contributed by atoms with van der Waals surface area (Å²) in [5.41, 5.74) is 1.62. The van der Waals surface area contributed by atoms with E-state index in [1.807, 2.05) is 50.2 Å². The molecule has 10 heteroatoms. The summed E-state index contributed by atoms with van der Waals surface area (Å²) in [7, 11) is -2.43. The Morgan fingerprint density at radius 3 is 2.04 bits per heavy atom. The number of hydrogen-bond donors (Lipinski definition) is 0. The van der Waals surface area contributed by atoms with Crippen molar-refractivity contribution < 1.29 is 23.5 Å². The molecule has 2 amide bonds. The Bertz CT molecular complexity index is 1830. The van der Waals surface area contributed by atoms with Crippen LogP contribution < -0.4 is 15.3 Å². The number of para-hydroxylation sites is 1. The molecule has 0 saturated carbocycles. The zero-order chi connectivity index (χ0) is 35.2. The number of esters is 1. The van der Waals surface area contributed by atoms with Crippen LogP contribution in [0.3, 0.4) is 0 Å². The van der Waals surface area contributed by atoms with Gasteiger partial charge in [-0.25, -0.2) is 4.98 Å². The minimum atomic E-state index is -2.43. The highest BCUT2D eigenvalue weighted by Crippen LogP contribution is 2.41. The Hall–Kier alpha value is -4.41. The van der Waals surface area contributed by atoms with Crippen molar-refractivity contribution >= 4 is 37.0 Å². The molecule has 0 radical (unpaired) electrons. The van der Waals surface area contributed by atoms with Crippen LogP contribution in [-0.4, -0.2) is 35.8 Å². The molecule has 4 aromatic rings. The Balaban J connectivity index is 1.85. The molecule has 0 fully saturated rings. The lowest BCUT2D eigenvalue weighted by Gasteiger charge is -2.41. The number of carbonyl (C=O) groups excluding carboxylic acids is 3. The Morgan fingerprint density at radius 1 is 0.854 bits per heavy atom. The number of imide groups is 1. The third-order valence-electron chi connectivity index (χ3n) is 8.80. The molecule has 1 aromatic heterocycles. The fraction of sp³-hybridized carbons (Fsp3) is 0.395. The number of carbonyl (C=O) groups is 3. The third kappa shape index (κ3) is 8.73. The van der Waals surface area contributed by atoms with E-state index >= 15 is 0 Å². The molecular formula is C38H47N3O6Si. The van der Waals surface area contributed by atoms with Crippen LogP contribution in [0.4, 0.5) is 0 Å². The van der Waals surface area contributed by atoms with Gasteiger partial charge in [-0.05, 0) is 72.3 Å². The number of aryl methyl sites for hydroxylation is 2. The second-order valence-electron chi connectivity index (χ2n) is 14.0. The van der Waals surface area contributed by atoms with E-state index in [0.29, 0.717) is 23.1 Å². The number of ether oxygens (including phenoxy) is 1. The largest absolute Gasteiger partial charge is 0.427 e. The maximum absolute atomic E-state index is 14.5. The van der Waals surface area contributed by atoms with Crippen molar-refractivity contribution in [2.24, 2.45) is 5.92 Å². The zero-order valence-electron chi connectivity index (χ0n) is 29.3. The summed E-state index contributed by atoms with van der Waals surface area (Å²) in [4.78, 5) is 59.5. The first-order valence-corrected chi connectivity index (χ1v) is 19.4. The second-order valence-corrected chi connectivity index (χ2v) is 18.7. The van der Waals surface area contributed by atoms with Gasteiger partial charge in [0.05, 0.1) is 10.9 Å². The molecule has 0 saturated heterocycles. The van der Waals surface area contributed by atoms with Gasteiger partial charge in [0.1, 0.15) is 11.9 Å². The van der Waals surface area contributed by atoms with Crippen LogP contribution in [0, 0.1) is 5.92 Å². The molecule has 0 aliphatic rings. The number of rotatable bonds is 12. The Labute approximate surface area is 284 Å². The zero-order valence-corrected chi connectivity index (χ0v) is 30.3. The smallest absolute Gasteiger partial charge is 0.308 e. The maximum Gasteiger partial charge on any atom is 0.308 e. The van der Waals surface area contributed by atoms with Crippen LogP contribution in [0.2, 0.25) is 18.1 Å². The summed E-state index contributed by atoms with van der Waals surface area (Å²) >= 11 is 0. The predicted octanol–water partition coefficient (Wildman–Crippen LogP) is 7.30. The topological polar surface area (TPSA) is 108 Å². The molecule has 0 aliphatic heterocycles. The van der Waals surface area contributed by atoms with E-state index in [4.69, 9.17) is 14.1 Å². The number of amides is 2. The SMILES string of the molecule is CC(=O)Oc1cccc(CCC(=O)N(C(=O)CCc2ccccc2)n2c([C@@H](O[Si](C)(C)C(C)(C)C)C(C)C)nc3ccccc3c2=O)c1. The lowest BCUT2D eigenvalue weighted by atomic mass is 10.1. The monoisotopic (exact) mass is 669 g/mol. The number of nitrogens with zero attached hydrogens (tertiary/aromatic N) is 3. The lowest BCUT2D eigenvalue weighted by Crippen LogP contribution is -2.53. The van der Waals surface area contributed by atoms with Crippen LogP contribution in [0.25, 0.3) is 10.9 Å². The average Bonchev–Trinajstić information content (AvgIpc) is 3.02. The van der Waals surface area contributed by atoms with Gasteiger partial charge in [-0.3, -0.25) is 19.2 Å². The number of fused-ring (bicyclic) bond motifs is 1. The van der Waals surface area contributed by atoms with Gasteiger partial charge in [0, 0.05) is 19.8 Å². The van der Waals surface area contributed by atoms with Crippen molar-refractivity contribution in [1.82, 2.24) is 9.66 Å². The number of benzene rings is 3. The first-order chi connectivity index (χ1) is 22.6. The molecule has 0 bridgehead atoms. The third-order valence-corrected chi connectivity index (χ3v) is 13.3. The van der Waals surface area contributed by atoms with E-state index in [9.17, 15) is 19.2 Å². The van der Waals surface area contributed by atoms with Crippen molar-refractivity contribution in [3.8, 4) is 5.75 Å². The van der Waals surface area contributed by atoms with E-state index < -0.39 is 37.8 Å². The van der Waals surface area contributed by atoms with Crippen LogP contribution in [0.1, 0.15) is 77.4 Å². The molecule has 1 atom stereocenters. The van der Waals surface area contributed by atoms with Gasteiger partial charge in [0.2, 0.25) is 11.8 Å². The average molecular weight is 670 g/mol. The number of aromatic nitrogens is 2. The van der Waals surface area contributed by atoms with E-state index in [2.05, 4.69) is 33.9 Å². The first-order valence-electron chi connectivity index (χ1n) is 16.5. The Morgan fingerprint density at radius 2 is 1.44 bits per heavy atom. The van der Waals surface area contributed by atoms with Crippen molar-refractivity contribution in [3.63, 3.8) is 0 Å². The highest BCUT2D eigenvalue weighted by Gasteiger charge is 2.42. The summed E-state index contributed by atoms with van der Waals surface area (Å²) in [5.74, 6) is -1.08. The predicted molar refractivity (Wildman–Crippen MR) is 191 cm³/mol. The van der Waals surface area contributed by atoms with Gasteiger partial charge in [0.25, 0.3) is 5.56 Å². The summed E-state index contributed by atoms with van der Waals surface area (Å²) in [6.45, 7) is 16.0. The van der Waals surface area contributed by atoms with Crippen molar-refractivity contribution in [3.05, 3.63) is 106 Å². The molecule has 254 valence electrons. The normalized spacial score (nSPS) is 12.6. The van der Waals surface area contributed by atoms with E-state index in [1.165, 1.54) is 11.6 Å². The molecule has 0 N–H and O–H groups in total. The first kappa shape index (κ1) is 36.4. The summed E-state index contributed by atoms with van der Waals surface area (Å²) in [6, 6.07) is 23.4. The molecule has 9 nitrogen and oxygen atoms in total. The van der Waals surface area contributed by atoms with Crippen LogP contribution >= 0.6 is 0 Å². The highest BCUT2D eigenvalue weighted by atomic mass is 28.4. The van der Waals surface area contributed by atoms with Crippen molar-refractivity contribution in [2.75, 3.05) is 5.01 Å². The molecular weight excluding hydrogens is 623 g/mol. The molecule has 4 rings (SSSR count). The van der Waals surface area contributed by atoms with E-state index in [0.717, 1.165) is 16.1 Å². The van der Waals surface area contributed by atoms with Gasteiger partial charge >= 0.3 is 5.97 Å². The van der Waals surface area contributed by atoms with Gasteiger partial charge in [-0.2, -0.15) is 9.69 Å². The standard InChI is InChI=1S/C38H47N3O6Si/c1-26(2)35(47-48(7,8)38(4,5)6)36-39-32-20-13-12-19-31(32)37(45)41(36)40(33(43)23-21-28-15-10-9-11-16-28)34(44)24-22-29-17-14-18-30(25-29)46-27(3)42/h9-20,25-26,35H,21-24H2,1-8H3/t35-/m0/s1. The second kappa shape index (κ2) is 15.2. The molecule has 1 heterocycles.